The lowest BCUT2D eigenvalue weighted by Gasteiger charge is -2.14. The summed E-state index contributed by atoms with van der Waals surface area (Å²) in [5.74, 6) is -0.710. The fourth-order valence-electron chi connectivity index (χ4n) is 1.64. The number of ether oxygens (including phenoxy) is 1. The van der Waals surface area contributed by atoms with Gasteiger partial charge in [-0.2, -0.15) is 0 Å². The summed E-state index contributed by atoms with van der Waals surface area (Å²) < 4.78 is 32.4. The van der Waals surface area contributed by atoms with E-state index in [4.69, 9.17) is 4.74 Å². The number of anilines is 1. The van der Waals surface area contributed by atoms with Crippen LogP contribution in [0.15, 0.2) is 46.9 Å². The first-order valence-electron chi connectivity index (χ1n) is 6.30. The maximum absolute atomic E-state index is 13.4. The third-order valence-corrected chi connectivity index (χ3v) is 3.24. The summed E-state index contributed by atoms with van der Waals surface area (Å²) in [5, 5.41) is 12.5. The molecule has 0 fully saturated rings. The van der Waals surface area contributed by atoms with E-state index >= 15 is 0 Å². The van der Waals surface area contributed by atoms with Crippen molar-refractivity contribution >= 4 is 21.6 Å². The molecule has 2 aromatic carbocycles. The van der Waals surface area contributed by atoms with Gasteiger partial charge in [-0.05, 0) is 36.4 Å². The van der Waals surface area contributed by atoms with E-state index in [1.54, 1.807) is 12.1 Å². The lowest BCUT2D eigenvalue weighted by molar-refractivity contribution is 0.117. The summed E-state index contributed by atoms with van der Waals surface area (Å²) in [6, 6.07) is 10.4. The third-order valence-electron chi connectivity index (χ3n) is 2.72. The van der Waals surface area contributed by atoms with Gasteiger partial charge in [0.15, 0.2) is 0 Å². The zero-order chi connectivity index (χ0) is 15.2. The van der Waals surface area contributed by atoms with Gasteiger partial charge in [0.25, 0.3) is 0 Å². The Balaban J connectivity index is 1.79. The number of hydrogen-bond donors (Lipinski definition) is 2. The van der Waals surface area contributed by atoms with E-state index in [1.807, 2.05) is 12.1 Å². The topological polar surface area (TPSA) is 41.5 Å². The van der Waals surface area contributed by atoms with Crippen LogP contribution in [0.25, 0.3) is 0 Å². The molecule has 0 saturated carbocycles. The Morgan fingerprint density at radius 3 is 2.52 bits per heavy atom. The molecular weight excluding hydrogens is 344 g/mol. The molecule has 0 spiro atoms. The predicted octanol–water partition coefficient (Wildman–Crippen LogP) is 3.58. The van der Waals surface area contributed by atoms with Crippen LogP contribution < -0.4 is 10.1 Å². The number of halogens is 3. The van der Waals surface area contributed by atoms with Crippen molar-refractivity contribution in [3.05, 3.63) is 58.6 Å². The summed E-state index contributed by atoms with van der Waals surface area (Å²) >= 11 is 3.31. The van der Waals surface area contributed by atoms with Crippen molar-refractivity contribution < 1.29 is 18.6 Å². The van der Waals surface area contributed by atoms with Crippen LogP contribution in [0.4, 0.5) is 14.5 Å². The summed E-state index contributed by atoms with van der Waals surface area (Å²) in [6.45, 7) is 0.163. The van der Waals surface area contributed by atoms with Crippen LogP contribution in [-0.4, -0.2) is 24.4 Å². The fourth-order valence-corrected chi connectivity index (χ4v) is 1.91. The Morgan fingerprint density at radius 2 is 1.86 bits per heavy atom. The van der Waals surface area contributed by atoms with Crippen molar-refractivity contribution in [1.29, 1.82) is 0 Å². The molecule has 2 N–H and O–H groups in total. The molecule has 2 rings (SSSR count). The average Bonchev–Trinajstić information content (AvgIpc) is 2.46. The van der Waals surface area contributed by atoms with E-state index in [2.05, 4.69) is 21.2 Å². The first kappa shape index (κ1) is 15.7. The Bertz CT molecular complexity index is 593. The number of rotatable bonds is 6. The van der Waals surface area contributed by atoms with E-state index in [0.717, 1.165) is 16.6 Å². The first-order chi connectivity index (χ1) is 10.0. The molecule has 112 valence electrons. The highest BCUT2D eigenvalue weighted by molar-refractivity contribution is 9.10. The van der Waals surface area contributed by atoms with Crippen LogP contribution in [0, 0.1) is 11.6 Å². The molecule has 0 aromatic heterocycles. The number of nitrogens with one attached hydrogen (secondary N) is 1. The van der Waals surface area contributed by atoms with Crippen molar-refractivity contribution in [3.63, 3.8) is 0 Å². The Kier molecular flexibility index (Phi) is 5.52. The molecule has 2 aromatic rings. The van der Waals surface area contributed by atoms with Gasteiger partial charge in [0, 0.05) is 17.1 Å². The Hall–Kier alpha value is -1.66. The molecule has 0 amide bonds. The van der Waals surface area contributed by atoms with Gasteiger partial charge in [-0.25, -0.2) is 8.78 Å². The summed E-state index contributed by atoms with van der Waals surface area (Å²) in [4.78, 5) is 0. The molecule has 0 radical (unpaired) electrons. The zero-order valence-corrected chi connectivity index (χ0v) is 12.6. The van der Waals surface area contributed by atoms with Crippen molar-refractivity contribution in [1.82, 2.24) is 0 Å². The maximum atomic E-state index is 13.4. The highest BCUT2D eigenvalue weighted by Crippen LogP contribution is 2.17. The van der Waals surface area contributed by atoms with Crippen LogP contribution in [0.1, 0.15) is 0 Å². The molecule has 3 nitrogen and oxygen atoms in total. The second kappa shape index (κ2) is 7.38. The van der Waals surface area contributed by atoms with Crippen molar-refractivity contribution in [2.45, 2.75) is 6.10 Å². The molecule has 6 heteroatoms. The fraction of sp³-hybridized carbons (Fsp3) is 0.200. The molecule has 0 aliphatic carbocycles. The summed E-state index contributed by atoms with van der Waals surface area (Å²) in [6.07, 6.45) is -0.821. The minimum absolute atomic E-state index is 0.0669. The molecule has 21 heavy (non-hydrogen) atoms. The van der Waals surface area contributed by atoms with Crippen molar-refractivity contribution in [3.8, 4) is 5.75 Å². The Labute approximate surface area is 129 Å². The predicted molar refractivity (Wildman–Crippen MR) is 80.5 cm³/mol. The first-order valence-corrected chi connectivity index (χ1v) is 7.09. The van der Waals surface area contributed by atoms with E-state index in [0.29, 0.717) is 5.75 Å². The SMILES string of the molecule is OC(CNc1ccc(F)cc1F)COc1ccc(Br)cc1. The zero-order valence-electron chi connectivity index (χ0n) is 11.0. The van der Waals surface area contributed by atoms with Gasteiger partial charge in [0.05, 0.1) is 5.69 Å². The lowest BCUT2D eigenvalue weighted by atomic mass is 10.2. The van der Waals surface area contributed by atoms with Gasteiger partial charge < -0.3 is 15.2 Å². The molecule has 0 saturated heterocycles. The average molecular weight is 358 g/mol. The molecular formula is C15H14BrF2NO2. The standard InChI is InChI=1S/C15H14BrF2NO2/c16-10-1-4-13(5-2-10)21-9-12(20)8-19-15-6-3-11(17)7-14(15)18/h1-7,12,19-20H,8-9H2. The molecule has 0 heterocycles. The minimum Gasteiger partial charge on any atom is -0.491 e. The molecule has 0 aliphatic rings. The van der Waals surface area contributed by atoms with E-state index in [1.165, 1.54) is 6.07 Å². The van der Waals surface area contributed by atoms with Gasteiger partial charge in [-0.15, -0.1) is 0 Å². The smallest absolute Gasteiger partial charge is 0.149 e. The molecule has 0 bridgehead atoms. The maximum Gasteiger partial charge on any atom is 0.149 e. The third kappa shape index (κ3) is 4.99. The van der Waals surface area contributed by atoms with Crippen LogP contribution in [0.5, 0.6) is 5.75 Å². The summed E-state index contributed by atoms with van der Waals surface area (Å²) in [5.41, 5.74) is 0.138. The Morgan fingerprint density at radius 1 is 1.14 bits per heavy atom. The van der Waals surface area contributed by atoms with E-state index in [9.17, 15) is 13.9 Å². The van der Waals surface area contributed by atoms with Crippen molar-refractivity contribution in [2.75, 3.05) is 18.5 Å². The molecule has 1 unspecified atom stereocenters. The van der Waals surface area contributed by atoms with Gasteiger partial charge >= 0.3 is 0 Å². The molecule has 1 atom stereocenters. The summed E-state index contributed by atoms with van der Waals surface area (Å²) in [7, 11) is 0. The highest BCUT2D eigenvalue weighted by atomic mass is 79.9. The van der Waals surface area contributed by atoms with Gasteiger partial charge in [-0.1, -0.05) is 15.9 Å². The van der Waals surface area contributed by atoms with E-state index in [-0.39, 0.29) is 18.8 Å². The van der Waals surface area contributed by atoms with Crippen LogP contribution >= 0.6 is 15.9 Å². The van der Waals surface area contributed by atoms with Crippen LogP contribution in [0.2, 0.25) is 0 Å². The number of aliphatic hydroxyl groups excluding tert-OH is 1. The lowest BCUT2D eigenvalue weighted by Crippen LogP contribution is -2.26. The van der Waals surface area contributed by atoms with Crippen LogP contribution in [-0.2, 0) is 0 Å². The van der Waals surface area contributed by atoms with Crippen LogP contribution in [0.3, 0.4) is 0 Å². The minimum atomic E-state index is -0.821. The van der Waals surface area contributed by atoms with Gasteiger partial charge in [0.2, 0.25) is 0 Å². The van der Waals surface area contributed by atoms with Gasteiger partial charge in [-0.3, -0.25) is 0 Å². The number of aliphatic hydroxyl groups is 1. The quantitative estimate of drug-likeness (QED) is 0.830. The van der Waals surface area contributed by atoms with Gasteiger partial charge in [0.1, 0.15) is 30.1 Å². The number of hydrogen-bond acceptors (Lipinski definition) is 3. The molecule has 0 aliphatic heterocycles. The van der Waals surface area contributed by atoms with Crippen molar-refractivity contribution in [2.24, 2.45) is 0 Å². The van der Waals surface area contributed by atoms with E-state index < -0.39 is 17.7 Å². The normalized spacial score (nSPS) is 12.0. The highest BCUT2D eigenvalue weighted by Gasteiger charge is 2.08. The second-order valence-corrected chi connectivity index (χ2v) is 5.34. The largest absolute Gasteiger partial charge is 0.491 e. The number of benzene rings is 2. The monoisotopic (exact) mass is 357 g/mol. The second-order valence-electron chi connectivity index (χ2n) is 4.42.